The lowest BCUT2D eigenvalue weighted by molar-refractivity contribution is 0.0679. The van der Waals surface area contributed by atoms with E-state index < -0.39 is 0 Å². The molecule has 1 N–H and O–H groups in total. The van der Waals surface area contributed by atoms with Crippen LogP contribution in [0.2, 0.25) is 0 Å². The quantitative estimate of drug-likeness (QED) is 0.828. The summed E-state index contributed by atoms with van der Waals surface area (Å²) in [5.41, 5.74) is 0.604. The van der Waals surface area contributed by atoms with Gasteiger partial charge in [-0.2, -0.15) is 0 Å². The predicted molar refractivity (Wildman–Crippen MR) is 104 cm³/mol. The van der Waals surface area contributed by atoms with Crippen LogP contribution in [0.5, 0.6) is 5.75 Å². The van der Waals surface area contributed by atoms with Gasteiger partial charge in [-0.15, -0.1) is 10.2 Å². The van der Waals surface area contributed by atoms with E-state index in [1.54, 1.807) is 12.1 Å². The van der Waals surface area contributed by atoms with E-state index >= 15 is 0 Å². The van der Waals surface area contributed by atoms with Crippen LogP contribution in [0, 0.1) is 0 Å². The van der Waals surface area contributed by atoms with Crippen LogP contribution in [0.15, 0.2) is 24.3 Å². The summed E-state index contributed by atoms with van der Waals surface area (Å²) < 4.78 is 13.5. The monoisotopic (exact) mass is 384 g/mol. The molecule has 2 atom stereocenters. The minimum atomic E-state index is -0.192. The molecule has 3 heterocycles. The number of hydrogen-bond donors (Lipinski definition) is 1. The van der Waals surface area contributed by atoms with Gasteiger partial charge in [0.05, 0.1) is 12.1 Å². The molecule has 4 rings (SSSR count). The predicted octanol–water partition coefficient (Wildman–Crippen LogP) is 3.05. The molecule has 0 radical (unpaired) electrons. The number of aromatic nitrogens is 3. The zero-order chi connectivity index (χ0) is 19.3. The number of hydrogen-bond acceptors (Lipinski definition) is 5. The second-order valence-corrected chi connectivity index (χ2v) is 7.60. The highest BCUT2D eigenvalue weighted by Crippen LogP contribution is 2.20. The van der Waals surface area contributed by atoms with Crippen LogP contribution in [0.25, 0.3) is 0 Å². The van der Waals surface area contributed by atoms with Crippen molar-refractivity contribution in [3.05, 3.63) is 41.5 Å². The van der Waals surface area contributed by atoms with Crippen molar-refractivity contribution in [1.29, 1.82) is 0 Å². The molecule has 150 valence electrons. The van der Waals surface area contributed by atoms with E-state index in [2.05, 4.69) is 20.1 Å². The summed E-state index contributed by atoms with van der Waals surface area (Å²) in [6.07, 6.45) is 6.78. The smallest absolute Gasteiger partial charge is 0.251 e. The first kappa shape index (κ1) is 18.9. The zero-order valence-corrected chi connectivity index (χ0v) is 16.4. The normalized spacial score (nSPS) is 20.2. The van der Waals surface area contributed by atoms with Crippen molar-refractivity contribution < 1.29 is 14.3 Å². The van der Waals surface area contributed by atoms with Gasteiger partial charge in [-0.1, -0.05) is 6.42 Å². The van der Waals surface area contributed by atoms with E-state index in [0.29, 0.717) is 12.2 Å². The Morgan fingerprint density at radius 2 is 2.11 bits per heavy atom. The summed E-state index contributed by atoms with van der Waals surface area (Å²) in [5.74, 6) is 2.50. The molecule has 0 saturated carbocycles. The van der Waals surface area contributed by atoms with Gasteiger partial charge in [-0.3, -0.25) is 4.79 Å². The minimum Gasteiger partial charge on any atom is -0.491 e. The van der Waals surface area contributed by atoms with Gasteiger partial charge in [0.25, 0.3) is 5.91 Å². The van der Waals surface area contributed by atoms with Crippen molar-refractivity contribution in [3.63, 3.8) is 0 Å². The first-order valence-electron chi connectivity index (χ1n) is 10.3. The third-order valence-electron chi connectivity index (χ3n) is 5.45. The molecular weight excluding hydrogens is 356 g/mol. The number of benzene rings is 1. The summed E-state index contributed by atoms with van der Waals surface area (Å²) in [5, 5.41) is 11.7. The van der Waals surface area contributed by atoms with E-state index in [-0.39, 0.29) is 18.1 Å². The first-order valence-corrected chi connectivity index (χ1v) is 10.3. The topological polar surface area (TPSA) is 78.3 Å². The minimum absolute atomic E-state index is 0.121. The van der Waals surface area contributed by atoms with E-state index in [0.717, 1.165) is 62.7 Å². The zero-order valence-electron chi connectivity index (χ0n) is 16.4. The highest BCUT2D eigenvalue weighted by Gasteiger charge is 2.21. The molecule has 2 aliphatic heterocycles. The van der Waals surface area contributed by atoms with Gasteiger partial charge in [0, 0.05) is 25.1 Å². The number of rotatable bonds is 6. The number of ether oxygens (including phenoxy) is 2. The molecule has 7 heteroatoms. The Labute approximate surface area is 165 Å². The summed E-state index contributed by atoms with van der Waals surface area (Å²) in [6, 6.07) is 7.05. The van der Waals surface area contributed by atoms with Crippen LogP contribution in [-0.2, 0) is 17.7 Å². The van der Waals surface area contributed by atoms with Crippen LogP contribution in [-0.4, -0.2) is 40.0 Å². The maximum atomic E-state index is 12.6. The molecule has 28 heavy (non-hydrogen) atoms. The fraction of sp³-hybridized carbons (Fsp3) is 0.571. The summed E-state index contributed by atoms with van der Waals surface area (Å²) in [7, 11) is 0. The van der Waals surface area contributed by atoms with E-state index in [4.69, 9.17) is 9.47 Å². The Bertz CT molecular complexity index is 796. The number of aryl methyl sites for hydroxylation is 1. The molecule has 2 unspecified atom stereocenters. The lowest BCUT2D eigenvalue weighted by atomic mass is 10.2. The van der Waals surface area contributed by atoms with Crippen molar-refractivity contribution >= 4 is 5.91 Å². The van der Waals surface area contributed by atoms with Crippen LogP contribution in [0.1, 0.15) is 67.1 Å². The molecule has 7 nitrogen and oxygen atoms in total. The molecule has 1 aromatic heterocycles. The van der Waals surface area contributed by atoms with Crippen LogP contribution >= 0.6 is 0 Å². The van der Waals surface area contributed by atoms with Crippen LogP contribution < -0.4 is 10.1 Å². The molecule has 0 bridgehead atoms. The molecule has 1 aromatic carbocycles. The molecular formula is C21H28N4O3. The van der Waals surface area contributed by atoms with Crippen molar-refractivity contribution in [2.24, 2.45) is 0 Å². The summed E-state index contributed by atoms with van der Waals surface area (Å²) >= 11 is 0. The molecule has 2 aromatic rings. The Hall–Kier alpha value is -2.41. The van der Waals surface area contributed by atoms with Crippen molar-refractivity contribution in [1.82, 2.24) is 20.1 Å². The van der Waals surface area contributed by atoms with Crippen molar-refractivity contribution in [2.75, 3.05) is 13.2 Å². The maximum Gasteiger partial charge on any atom is 0.251 e. The number of nitrogens with zero attached hydrogens (tertiary/aromatic N) is 3. The lowest BCUT2D eigenvalue weighted by Crippen LogP contribution is -2.29. The highest BCUT2D eigenvalue weighted by atomic mass is 16.5. The van der Waals surface area contributed by atoms with Crippen molar-refractivity contribution in [2.45, 2.75) is 64.1 Å². The number of carbonyl (C=O) groups is 1. The van der Waals surface area contributed by atoms with Gasteiger partial charge in [0.15, 0.2) is 5.82 Å². The third-order valence-corrected chi connectivity index (χ3v) is 5.45. The van der Waals surface area contributed by atoms with E-state index in [1.807, 2.05) is 19.1 Å². The number of fused-ring (bicyclic) bond motifs is 1. The molecule has 1 fully saturated rings. The van der Waals surface area contributed by atoms with E-state index in [9.17, 15) is 4.79 Å². The highest BCUT2D eigenvalue weighted by molar-refractivity contribution is 5.94. The molecule has 0 aliphatic carbocycles. The Kier molecular flexibility index (Phi) is 5.90. The fourth-order valence-electron chi connectivity index (χ4n) is 3.84. The maximum absolute atomic E-state index is 12.6. The van der Waals surface area contributed by atoms with E-state index in [1.165, 1.54) is 6.42 Å². The fourth-order valence-corrected chi connectivity index (χ4v) is 3.84. The number of nitrogens with one attached hydrogen (secondary N) is 1. The van der Waals surface area contributed by atoms with Gasteiger partial charge in [0.1, 0.15) is 18.2 Å². The second kappa shape index (κ2) is 8.73. The Balaban J connectivity index is 1.34. The van der Waals surface area contributed by atoms with Gasteiger partial charge in [-0.05, 0) is 56.9 Å². The van der Waals surface area contributed by atoms with Crippen LogP contribution in [0.3, 0.4) is 0 Å². The van der Waals surface area contributed by atoms with Crippen molar-refractivity contribution in [3.8, 4) is 5.75 Å². The number of amides is 1. The van der Waals surface area contributed by atoms with Gasteiger partial charge in [0.2, 0.25) is 0 Å². The standard InChI is InChI=1S/C21H28N4O3/c1-15(20-24-23-19-7-3-2-4-12-25(19)20)22-21(26)16-8-10-17(11-9-16)28-14-18-6-5-13-27-18/h8-11,15,18H,2-7,12-14H2,1H3,(H,22,26). The SMILES string of the molecule is CC(NC(=O)c1ccc(OCC2CCCO2)cc1)c1nnc2n1CCCCC2. The first-order chi connectivity index (χ1) is 13.7. The largest absolute Gasteiger partial charge is 0.491 e. The molecule has 2 aliphatic rings. The summed E-state index contributed by atoms with van der Waals surface area (Å²) in [4.78, 5) is 12.6. The molecule has 1 amide bonds. The Morgan fingerprint density at radius 1 is 1.25 bits per heavy atom. The van der Waals surface area contributed by atoms with Gasteiger partial charge >= 0.3 is 0 Å². The average Bonchev–Trinajstić information content (AvgIpc) is 3.32. The average molecular weight is 384 g/mol. The summed E-state index contributed by atoms with van der Waals surface area (Å²) in [6.45, 7) is 4.26. The lowest BCUT2D eigenvalue weighted by Gasteiger charge is -2.16. The Morgan fingerprint density at radius 3 is 2.89 bits per heavy atom. The van der Waals surface area contributed by atoms with Gasteiger partial charge < -0.3 is 19.4 Å². The molecule has 1 saturated heterocycles. The molecule has 0 spiro atoms. The second-order valence-electron chi connectivity index (χ2n) is 7.60. The van der Waals surface area contributed by atoms with Crippen LogP contribution in [0.4, 0.5) is 0 Å². The van der Waals surface area contributed by atoms with Gasteiger partial charge in [-0.25, -0.2) is 0 Å². The number of carbonyl (C=O) groups excluding carboxylic acids is 1. The third kappa shape index (κ3) is 4.35.